The summed E-state index contributed by atoms with van der Waals surface area (Å²) in [7, 11) is 4.31. The fourth-order valence-corrected chi connectivity index (χ4v) is 5.09. The molecular weight excluding hydrogens is 612 g/mol. The van der Waals surface area contributed by atoms with Crippen molar-refractivity contribution in [2.75, 3.05) is 34.5 Å². The van der Waals surface area contributed by atoms with Crippen molar-refractivity contribution >= 4 is 23.6 Å². The lowest BCUT2D eigenvalue weighted by Gasteiger charge is -2.24. The second-order valence-corrected chi connectivity index (χ2v) is 11.0. The first-order chi connectivity index (χ1) is 23.2. The van der Waals surface area contributed by atoms with Crippen molar-refractivity contribution in [2.45, 2.75) is 38.3 Å². The van der Waals surface area contributed by atoms with Gasteiger partial charge in [0.25, 0.3) is 0 Å². The lowest BCUT2D eigenvalue weighted by molar-refractivity contribution is -0.146. The summed E-state index contributed by atoms with van der Waals surface area (Å²) in [6.07, 6.45) is 3.22. The second-order valence-electron chi connectivity index (χ2n) is 11.0. The van der Waals surface area contributed by atoms with Crippen LogP contribution in [-0.4, -0.2) is 69.0 Å². The summed E-state index contributed by atoms with van der Waals surface area (Å²) in [6.45, 7) is 8.23. The molecule has 48 heavy (non-hydrogen) atoms. The summed E-state index contributed by atoms with van der Waals surface area (Å²) in [5.74, 6) is -1.08. The smallest absolute Gasteiger partial charge is 0.328 e. The molecule has 254 valence electrons. The molecule has 1 N–H and O–H groups in total. The van der Waals surface area contributed by atoms with Gasteiger partial charge in [0.05, 0.1) is 26.9 Å². The van der Waals surface area contributed by atoms with Crippen molar-refractivity contribution < 1.29 is 38.1 Å². The third kappa shape index (κ3) is 11.2. The first-order valence-corrected chi connectivity index (χ1v) is 15.6. The maximum absolute atomic E-state index is 13.8. The highest BCUT2D eigenvalue weighted by atomic mass is 16.5. The van der Waals surface area contributed by atoms with Crippen LogP contribution in [0.2, 0.25) is 0 Å². The van der Waals surface area contributed by atoms with Gasteiger partial charge in [0, 0.05) is 37.9 Å². The SMILES string of the molecule is C=CCOc1cc(OC)ccc1C(=O)C[C@H](Cc1ccccc1)C(=O)N[C@@H](CCC(=O)N(CC=C)Cc1ccc(OC)cc1)C(=O)OC. The van der Waals surface area contributed by atoms with E-state index in [1.807, 2.05) is 54.6 Å². The predicted octanol–water partition coefficient (Wildman–Crippen LogP) is 5.35. The molecule has 10 nitrogen and oxygen atoms in total. The molecule has 0 saturated carbocycles. The Morgan fingerprint density at radius 2 is 1.54 bits per heavy atom. The Balaban J connectivity index is 1.78. The minimum absolute atomic E-state index is 0.00245. The lowest BCUT2D eigenvalue weighted by Crippen LogP contribution is -2.45. The van der Waals surface area contributed by atoms with Crippen molar-refractivity contribution in [2.24, 2.45) is 5.92 Å². The number of ketones is 1. The maximum Gasteiger partial charge on any atom is 0.328 e. The Morgan fingerprint density at radius 3 is 2.17 bits per heavy atom. The van der Waals surface area contributed by atoms with Crippen molar-refractivity contribution in [3.05, 3.63) is 115 Å². The minimum Gasteiger partial charge on any atom is -0.497 e. The largest absolute Gasteiger partial charge is 0.497 e. The molecule has 0 aromatic heterocycles. The fraction of sp³-hybridized carbons (Fsp3) is 0.316. The molecule has 0 bridgehead atoms. The number of carbonyl (C=O) groups excluding carboxylic acids is 4. The van der Waals surface area contributed by atoms with Crippen LogP contribution >= 0.6 is 0 Å². The number of nitrogens with zero attached hydrogens (tertiary/aromatic N) is 1. The maximum atomic E-state index is 13.8. The molecule has 2 atom stereocenters. The van der Waals surface area contributed by atoms with E-state index in [2.05, 4.69) is 18.5 Å². The zero-order chi connectivity index (χ0) is 34.9. The van der Waals surface area contributed by atoms with E-state index in [-0.39, 0.29) is 49.5 Å². The molecule has 3 aromatic carbocycles. The summed E-state index contributed by atoms with van der Waals surface area (Å²) in [5, 5.41) is 2.77. The van der Waals surface area contributed by atoms with E-state index in [4.69, 9.17) is 18.9 Å². The number of nitrogens with one attached hydrogen (secondary N) is 1. The van der Waals surface area contributed by atoms with Crippen LogP contribution in [0.25, 0.3) is 0 Å². The van der Waals surface area contributed by atoms with Gasteiger partial charge in [-0.25, -0.2) is 4.79 Å². The molecule has 0 unspecified atom stereocenters. The molecule has 0 saturated heterocycles. The van der Waals surface area contributed by atoms with Gasteiger partial charge < -0.3 is 29.2 Å². The molecule has 0 aliphatic carbocycles. The van der Waals surface area contributed by atoms with Crippen LogP contribution in [0.1, 0.15) is 40.7 Å². The normalized spacial score (nSPS) is 11.7. The van der Waals surface area contributed by atoms with E-state index in [1.54, 1.807) is 42.4 Å². The van der Waals surface area contributed by atoms with Crippen LogP contribution in [0.4, 0.5) is 0 Å². The monoisotopic (exact) mass is 656 g/mol. The van der Waals surface area contributed by atoms with Gasteiger partial charge in [0.2, 0.25) is 11.8 Å². The highest BCUT2D eigenvalue weighted by Crippen LogP contribution is 2.28. The van der Waals surface area contributed by atoms with E-state index in [0.717, 1.165) is 11.1 Å². The summed E-state index contributed by atoms with van der Waals surface area (Å²) in [6, 6.07) is 20.4. The van der Waals surface area contributed by atoms with E-state index < -0.39 is 23.8 Å². The summed E-state index contributed by atoms with van der Waals surface area (Å²) in [5.41, 5.74) is 2.02. The Morgan fingerprint density at radius 1 is 0.854 bits per heavy atom. The van der Waals surface area contributed by atoms with Crippen LogP contribution < -0.4 is 19.5 Å². The van der Waals surface area contributed by atoms with Gasteiger partial charge in [-0.3, -0.25) is 14.4 Å². The molecular formula is C38H44N2O8. The highest BCUT2D eigenvalue weighted by Gasteiger charge is 2.30. The van der Waals surface area contributed by atoms with Crippen molar-refractivity contribution in [3.63, 3.8) is 0 Å². The van der Waals surface area contributed by atoms with E-state index in [9.17, 15) is 19.2 Å². The third-order valence-electron chi connectivity index (χ3n) is 7.66. The Kier molecular flexibility index (Phi) is 14.9. The molecule has 0 radical (unpaired) electrons. The second kappa shape index (κ2) is 19.3. The van der Waals surface area contributed by atoms with Crippen LogP contribution in [0, 0.1) is 5.92 Å². The zero-order valence-corrected chi connectivity index (χ0v) is 27.8. The number of benzene rings is 3. The predicted molar refractivity (Wildman–Crippen MR) is 183 cm³/mol. The minimum atomic E-state index is -1.11. The lowest BCUT2D eigenvalue weighted by atomic mass is 9.90. The van der Waals surface area contributed by atoms with Crippen molar-refractivity contribution in [3.8, 4) is 17.2 Å². The number of esters is 1. The molecule has 2 amide bonds. The number of carbonyl (C=O) groups is 4. The molecule has 0 fully saturated rings. The topological polar surface area (TPSA) is 120 Å². The molecule has 0 aliphatic rings. The average Bonchev–Trinajstić information content (AvgIpc) is 3.11. The number of hydrogen-bond donors (Lipinski definition) is 1. The first-order valence-electron chi connectivity index (χ1n) is 15.6. The zero-order valence-electron chi connectivity index (χ0n) is 27.8. The molecule has 0 spiro atoms. The van der Waals surface area contributed by atoms with E-state index >= 15 is 0 Å². The Bertz CT molecular complexity index is 1540. The van der Waals surface area contributed by atoms with E-state index in [1.165, 1.54) is 14.2 Å². The number of hydrogen-bond acceptors (Lipinski definition) is 8. The standard InChI is InChI=1S/C38H44N2O8/c1-6-21-40(26-28-13-15-30(45-3)16-14-28)36(42)20-19-33(38(44)47-5)39-37(43)29(23-27-11-9-8-10-12-27)24-34(41)32-18-17-31(46-4)25-35(32)48-22-7-2/h6-18,25,29,33H,1-2,19-24,26H2,3-5H3,(H,39,43)/t29-,33-/m0/s1. The van der Waals surface area contributed by atoms with Gasteiger partial charge in [-0.2, -0.15) is 0 Å². The number of amides is 2. The number of Topliss-reactive ketones (excluding diaryl/α,β-unsaturated/α-hetero) is 1. The summed E-state index contributed by atoms with van der Waals surface area (Å²) < 4.78 is 21.2. The Labute approximate surface area is 282 Å². The molecule has 0 heterocycles. The van der Waals surface area contributed by atoms with Gasteiger partial charge >= 0.3 is 5.97 Å². The van der Waals surface area contributed by atoms with E-state index in [0.29, 0.717) is 30.3 Å². The van der Waals surface area contributed by atoms with Gasteiger partial charge in [0.1, 0.15) is 29.9 Å². The van der Waals surface area contributed by atoms with Crippen LogP contribution in [0.5, 0.6) is 17.2 Å². The summed E-state index contributed by atoms with van der Waals surface area (Å²) >= 11 is 0. The third-order valence-corrected chi connectivity index (χ3v) is 7.66. The fourth-order valence-electron chi connectivity index (χ4n) is 5.09. The molecule has 3 aromatic rings. The molecule has 0 aliphatic heterocycles. The first kappa shape index (κ1) is 37.1. The van der Waals surface area contributed by atoms with Gasteiger partial charge in [-0.15, -0.1) is 6.58 Å². The number of methoxy groups -OCH3 is 3. The summed E-state index contributed by atoms with van der Waals surface area (Å²) in [4.78, 5) is 55.3. The van der Waals surface area contributed by atoms with Gasteiger partial charge in [-0.1, -0.05) is 61.2 Å². The van der Waals surface area contributed by atoms with Gasteiger partial charge in [0.15, 0.2) is 5.78 Å². The number of ether oxygens (including phenoxy) is 4. The average molecular weight is 657 g/mol. The number of rotatable bonds is 20. The Hall–Kier alpha value is -5.38. The molecule has 3 rings (SSSR count). The van der Waals surface area contributed by atoms with Crippen LogP contribution in [0.15, 0.2) is 98.1 Å². The highest BCUT2D eigenvalue weighted by molar-refractivity contribution is 6.01. The van der Waals surface area contributed by atoms with Crippen molar-refractivity contribution in [1.82, 2.24) is 10.2 Å². The van der Waals surface area contributed by atoms with Crippen LogP contribution in [-0.2, 0) is 32.1 Å². The van der Waals surface area contributed by atoms with Gasteiger partial charge in [-0.05, 0) is 48.2 Å². The van der Waals surface area contributed by atoms with Crippen molar-refractivity contribution in [1.29, 1.82) is 0 Å². The molecule has 10 heteroatoms. The van der Waals surface area contributed by atoms with Crippen LogP contribution in [0.3, 0.4) is 0 Å². The quantitative estimate of drug-likeness (QED) is 0.0982.